The molecule has 2 aliphatic rings. The van der Waals surface area contributed by atoms with E-state index >= 15 is 0 Å². The summed E-state index contributed by atoms with van der Waals surface area (Å²) in [7, 11) is 0. The van der Waals surface area contributed by atoms with Crippen molar-refractivity contribution < 1.29 is 19.4 Å². The van der Waals surface area contributed by atoms with Crippen LogP contribution in [0.25, 0.3) is 11.0 Å². The zero-order valence-corrected chi connectivity index (χ0v) is 16.1. The van der Waals surface area contributed by atoms with Gasteiger partial charge in [0.05, 0.1) is 0 Å². The molecule has 0 saturated heterocycles. The number of rotatable bonds is 1. The van der Waals surface area contributed by atoms with E-state index in [1.165, 1.54) is 6.42 Å². The van der Waals surface area contributed by atoms with Gasteiger partial charge in [-0.15, -0.1) is 0 Å². The highest BCUT2D eigenvalue weighted by Gasteiger charge is 2.51. The van der Waals surface area contributed by atoms with Crippen molar-refractivity contribution in [3.63, 3.8) is 0 Å². The van der Waals surface area contributed by atoms with E-state index < -0.39 is 5.75 Å². The Bertz CT molecular complexity index is 891. The first-order chi connectivity index (χ1) is 12.2. The minimum absolute atomic E-state index is 0.0514. The lowest BCUT2D eigenvalue weighted by molar-refractivity contribution is 0.0504. The van der Waals surface area contributed by atoms with Gasteiger partial charge in [-0.1, -0.05) is 34.1 Å². The average Bonchev–Trinajstić information content (AvgIpc) is 2.89. The fourth-order valence-corrected chi connectivity index (χ4v) is 5.97. The van der Waals surface area contributed by atoms with E-state index in [-0.39, 0.29) is 28.1 Å². The second-order valence-corrected chi connectivity index (χ2v) is 9.28. The molecule has 4 heteroatoms. The quantitative estimate of drug-likeness (QED) is 0.512. The molecule has 2 N–H and O–H groups in total. The summed E-state index contributed by atoms with van der Waals surface area (Å²) < 4.78 is 6.22. The fourth-order valence-electron chi connectivity index (χ4n) is 5.97. The SMILES string of the molecule is C[C@@H]1CC[C@@H]2C(C)(C)CCC[C@]2(C)c2c1oc1c(C=O)c(O)c(O)cc21. The molecule has 0 aliphatic heterocycles. The molecule has 1 aromatic heterocycles. The number of phenols is 2. The molecule has 0 spiro atoms. The normalized spacial score (nSPS) is 30.5. The van der Waals surface area contributed by atoms with E-state index in [9.17, 15) is 15.0 Å². The van der Waals surface area contributed by atoms with Crippen LogP contribution < -0.4 is 0 Å². The van der Waals surface area contributed by atoms with Crippen molar-refractivity contribution in [2.24, 2.45) is 11.3 Å². The van der Waals surface area contributed by atoms with Crippen molar-refractivity contribution in [2.45, 2.75) is 71.1 Å². The molecule has 3 atom stereocenters. The van der Waals surface area contributed by atoms with Gasteiger partial charge in [0.15, 0.2) is 17.8 Å². The zero-order valence-electron chi connectivity index (χ0n) is 16.1. The van der Waals surface area contributed by atoms with Gasteiger partial charge in [-0.25, -0.2) is 0 Å². The maximum absolute atomic E-state index is 11.6. The van der Waals surface area contributed by atoms with Crippen LogP contribution in [-0.4, -0.2) is 16.5 Å². The summed E-state index contributed by atoms with van der Waals surface area (Å²) >= 11 is 0. The molecule has 4 rings (SSSR count). The summed E-state index contributed by atoms with van der Waals surface area (Å²) in [6.07, 6.45) is 6.23. The number of hydrogen-bond donors (Lipinski definition) is 2. The maximum atomic E-state index is 11.6. The lowest BCUT2D eigenvalue weighted by Gasteiger charge is -2.50. The molecule has 2 aromatic rings. The lowest BCUT2D eigenvalue weighted by atomic mass is 9.53. The number of carbonyl (C=O) groups excluding carboxylic acids is 1. The van der Waals surface area contributed by atoms with Crippen LogP contribution in [0.4, 0.5) is 0 Å². The van der Waals surface area contributed by atoms with E-state index in [4.69, 9.17) is 4.42 Å². The number of hydrogen-bond acceptors (Lipinski definition) is 4. The van der Waals surface area contributed by atoms with E-state index in [0.717, 1.165) is 42.4 Å². The number of phenolic OH excluding ortho intramolecular Hbond substituents is 2. The first kappa shape index (κ1) is 17.4. The highest BCUT2D eigenvalue weighted by molar-refractivity contribution is 6.01. The van der Waals surface area contributed by atoms with Crippen molar-refractivity contribution >= 4 is 17.3 Å². The minimum Gasteiger partial charge on any atom is -0.504 e. The summed E-state index contributed by atoms with van der Waals surface area (Å²) in [6.45, 7) is 9.24. The Labute approximate surface area is 154 Å². The topological polar surface area (TPSA) is 70.7 Å². The number of benzene rings is 1. The van der Waals surface area contributed by atoms with Crippen molar-refractivity contribution in [1.29, 1.82) is 0 Å². The predicted molar refractivity (Wildman–Crippen MR) is 101 cm³/mol. The molecule has 1 heterocycles. The number of fused-ring (bicyclic) bond motifs is 5. The Kier molecular flexibility index (Phi) is 3.70. The molecular formula is C22H28O4. The molecule has 0 amide bonds. The van der Waals surface area contributed by atoms with Gasteiger partial charge in [-0.3, -0.25) is 4.79 Å². The Morgan fingerprint density at radius 1 is 1.19 bits per heavy atom. The van der Waals surface area contributed by atoms with Gasteiger partial charge >= 0.3 is 0 Å². The van der Waals surface area contributed by atoms with Crippen LogP contribution in [-0.2, 0) is 5.41 Å². The van der Waals surface area contributed by atoms with Crippen LogP contribution in [0, 0.1) is 11.3 Å². The molecule has 1 aromatic carbocycles. The largest absolute Gasteiger partial charge is 0.504 e. The first-order valence-electron chi connectivity index (χ1n) is 9.67. The summed E-state index contributed by atoms with van der Waals surface area (Å²) in [6, 6.07) is 1.59. The predicted octanol–water partition coefficient (Wildman–Crippen LogP) is 5.64. The van der Waals surface area contributed by atoms with Crippen LogP contribution in [0.1, 0.15) is 87.4 Å². The molecule has 1 saturated carbocycles. The molecule has 2 aliphatic carbocycles. The Morgan fingerprint density at radius 2 is 1.92 bits per heavy atom. The monoisotopic (exact) mass is 356 g/mol. The van der Waals surface area contributed by atoms with Crippen LogP contribution in [0.15, 0.2) is 10.5 Å². The van der Waals surface area contributed by atoms with Gasteiger partial charge in [0.1, 0.15) is 16.9 Å². The number of aromatic hydroxyl groups is 2. The third-order valence-corrected chi connectivity index (χ3v) is 7.25. The second-order valence-electron chi connectivity index (χ2n) is 9.28. The third kappa shape index (κ3) is 2.17. The fraction of sp³-hybridized carbons (Fsp3) is 0.591. The summed E-state index contributed by atoms with van der Waals surface area (Å²) in [5, 5.41) is 21.1. The number of carbonyl (C=O) groups is 1. The summed E-state index contributed by atoms with van der Waals surface area (Å²) in [4.78, 5) is 11.6. The maximum Gasteiger partial charge on any atom is 0.172 e. The average molecular weight is 356 g/mol. The number of aldehydes is 1. The highest BCUT2D eigenvalue weighted by atomic mass is 16.3. The summed E-state index contributed by atoms with van der Waals surface area (Å²) in [5.74, 6) is 1.05. The molecule has 0 unspecified atom stereocenters. The highest BCUT2D eigenvalue weighted by Crippen LogP contribution is 2.60. The van der Waals surface area contributed by atoms with E-state index in [0.29, 0.717) is 17.8 Å². The van der Waals surface area contributed by atoms with Crippen LogP contribution in [0.5, 0.6) is 11.5 Å². The molecule has 1 fully saturated rings. The first-order valence-corrected chi connectivity index (χ1v) is 9.67. The van der Waals surface area contributed by atoms with Gasteiger partial charge in [-0.2, -0.15) is 0 Å². The molecule has 26 heavy (non-hydrogen) atoms. The molecule has 140 valence electrons. The van der Waals surface area contributed by atoms with Crippen molar-refractivity contribution in [2.75, 3.05) is 0 Å². The van der Waals surface area contributed by atoms with Crippen LogP contribution in [0.3, 0.4) is 0 Å². The van der Waals surface area contributed by atoms with Crippen LogP contribution in [0.2, 0.25) is 0 Å². The number of furan rings is 1. The van der Waals surface area contributed by atoms with Crippen molar-refractivity contribution in [1.82, 2.24) is 0 Å². The Balaban J connectivity index is 2.09. The lowest BCUT2D eigenvalue weighted by Crippen LogP contribution is -2.44. The Hall–Kier alpha value is -1.97. The van der Waals surface area contributed by atoms with Crippen molar-refractivity contribution in [3.8, 4) is 11.5 Å². The van der Waals surface area contributed by atoms with E-state index in [1.54, 1.807) is 6.07 Å². The van der Waals surface area contributed by atoms with Gasteiger partial charge in [-0.05, 0) is 48.5 Å². The third-order valence-electron chi connectivity index (χ3n) is 7.25. The van der Waals surface area contributed by atoms with Crippen LogP contribution >= 0.6 is 0 Å². The van der Waals surface area contributed by atoms with Gasteiger partial charge in [0.25, 0.3) is 0 Å². The van der Waals surface area contributed by atoms with E-state index in [2.05, 4.69) is 27.7 Å². The molecule has 0 radical (unpaired) electrons. The second kappa shape index (κ2) is 5.51. The van der Waals surface area contributed by atoms with Gasteiger partial charge < -0.3 is 14.6 Å². The molecular weight excluding hydrogens is 328 g/mol. The van der Waals surface area contributed by atoms with Gasteiger partial charge in [0.2, 0.25) is 0 Å². The summed E-state index contributed by atoms with van der Waals surface area (Å²) in [5.41, 5.74) is 1.79. The van der Waals surface area contributed by atoms with Gasteiger partial charge in [0, 0.05) is 16.9 Å². The minimum atomic E-state index is -0.394. The smallest absolute Gasteiger partial charge is 0.172 e. The molecule has 0 bridgehead atoms. The standard InChI is InChI=1S/C22H28O4/c1-12-6-7-16-21(2,3)8-5-9-22(16,4)17-13-10-15(24)18(25)14(11-23)20(13)26-19(12)17/h10-12,16,24-25H,5-9H2,1-4H3/t12-,16-,22+/m1/s1. The zero-order chi connectivity index (χ0) is 18.9. The molecule has 4 nitrogen and oxygen atoms in total. The van der Waals surface area contributed by atoms with E-state index in [1.807, 2.05) is 0 Å². The Morgan fingerprint density at radius 3 is 2.62 bits per heavy atom. The van der Waals surface area contributed by atoms with Crippen molar-refractivity contribution in [3.05, 3.63) is 23.0 Å².